The van der Waals surface area contributed by atoms with E-state index in [0.717, 1.165) is 19.4 Å². The van der Waals surface area contributed by atoms with Crippen molar-refractivity contribution in [3.63, 3.8) is 0 Å². The zero-order chi connectivity index (χ0) is 12.0. The highest BCUT2D eigenvalue weighted by molar-refractivity contribution is 5.87. The molecule has 16 heavy (non-hydrogen) atoms. The molecule has 1 heterocycles. The lowest BCUT2D eigenvalue weighted by molar-refractivity contribution is -0.128. The molecule has 0 spiro atoms. The maximum atomic E-state index is 11.6. The molecule has 0 bridgehead atoms. The molecule has 2 unspecified atom stereocenters. The summed E-state index contributed by atoms with van der Waals surface area (Å²) in [6.45, 7) is 5.13. The van der Waals surface area contributed by atoms with E-state index in [1.165, 1.54) is 0 Å². The van der Waals surface area contributed by atoms with Gasteiger partial charge in [-0.1, -0.05) is 0 Å². The molecule has 3 N–H and O–H groups in total. The fraction of sp³-hybridized carbons (Fsp3) is 0.818. The first-order valence-corrected chi connectivity index (χ1v) is 5.94. The van der Waals surface area contributed by atoms with Gasteiger partial charge >= 0.3 is 0 Å². The lowest BCUT2D eigenvalue weighted by Crippen LogP contribution is -2.45. The summed E-state index contributed by atoms with van der Waals surface area (Å²) < 4.78 is 0. The molecular formula is C11H21N3O2. The lowest BCUT2D eigenvalue weighted by Gasteiger charge is -2.15. The second-order valence-electron chi connectivity index (χ2n) is 4.18. The van der Waals surface area contributed by atoms with Crippen LogP contribution in [0, 0.1) is 0 Å². The topological polar surface area (TPSA) is 70.2 Å². The Morgan fingerprint density at radius 1 is 1.50 bits per heavy atom. The van der Waals surface area contributed by atoms with Gasteiger partial charge in [0.1, 0.15) is 6.04 Å². The highest BCUT2D eigenvalue weighted by atomic mass is 16.2. The summed E-state index contributed by atoms with van der Waals surface area (Å²) in [5.41, 5.74) is 0. The van der Waals surface area contributed by atoms with E-state index >= 15 is 0 Å². The Morgan fingerprint density at radius 3 is 2.81 bits per heavy atom. The molecule has 0 radical (unpaired) electrons. The summed E-state index contributed by atoms with van der Waals surface area (Å²) in [4.78, 5) is 23.0. The molecule has 0 aromatic rings. The second kappa shape index (κ2) is 6.48. The van der Waals surface area contributed by atoms with Crippen LogP contribution in [0.3, 0.4) is 0 Å². The smallest absolute Gasteiger partial charge is 0.242 e. The molecular weight excluding hydrogens is 206 g/mol. The van der Waals surface area contributed by atoms with Crippen molar-refractivity contribution < 1.29 is 9.59 Å². The molecule has 1 fully saturated rings. The van der Waals surface area contributed by atoms with Crippen molar-refractivity contribution in [3.8, 4) is 0 Å². The first-order valence-electron chi connectivity index (χ1n) is 5.94. The molecule has 1 saturated heterocycles. The molecule has 2 atom stereocenters. The van der Waals surface area contributed by atoms with Gasteiger partial charge in [-0.05, 0) is 33.2 Å². The Morgan fingerprint density at radius 2 is 2.25 bits per heavy atom. The summed E-state index contributed by atoms with van der Waals surface area (Å²) in [5.74, 6) is -0.187. The first kappa shape index (κ1) is 13.0. The van der Waals surface area contributed by atoms with Crippen molar-refractivity contribution >= 4 is 11.8 Å². The van der Waals surface area contributed by atoms with Crippen LogP contribution in [0.25, 0.3) is 0 Å². The van der Waals surface area contributed by atoms with Crippen LogP contribution in [-0.2, 0) is 9.59 Å². The standard InChI is InChI=1S/C11H21N3O2/c1-3-12-11(16)8(2)14-10(15)7-9-5-4-6-13-9/h8-9,13H,3-7H2,1-2H3,(H,12,16)(H,14,15). The van der Waals surface area contributed by atoms with Crippen LogP contribution < -0.4 is 16.0 Å². The highest BCUT2D eigenvalue weighted by Crippen LogP contribution is 2.08. The van der Waals surface area contributed by atoms with E-state index in [-0.39, 0.29) is 17.9 Å². The fourth-order valence-electron chi connectivity index (χ4n) is 1.85. The van der Waals surface area contributed by atoms with Gasteiger partial charge in [-0.15, -0.1) is 0 Å². The first-order chi connectivity index (χ1) is 7.63. The molecule has 5 nitrogen and oxygen atoms in total. The lowest BCUT2D eigenvalue weighted by atomic mass is 10.1. The predicted octanol–water partition coefficient (Wildman–Crippen LogP) is -0.231. The Bertz CT molecular complexity index is 250. The van der Waals surface area contributed by atoms with E-state index in [2.05, 4.69) is 16.0 Å². The van der Waals surface area contributed by atoms with E-state index in [1.807, 2.05) is 6.92 Å². The number of amides is 2. The SMILES string of the molecule is CCNC(=O)C(C)NC(=O)CC1CCCN1. The third-order valence-electron chi connectivity index (χ3n) is 2.72. The van der Waals surface area contributed by atoms with Crippen molar-refractivity contribution in [2.45, 2.75) is 45.2 Å². The number of rotatable bonds is 5. The van der Waals surface area contributed by atoms with Gasteiger partial charge in [0, 0.05) is 19.0 Å². The van der Waals surface area contributed by atoms with Gasteiger partial charge in [0.25, 0.3) is 0 Å². The van der Waals surface area contributed by atoms with Crippen molar-refractivity contribution in [2.75, 3.05) is 13.1 Å². The Kier molecular flexibility index (Phi) is 5.25. The molecule has 0 aromatic carbocycles. The molecule has 5 heteroatoms. The number of hydrogen-bond donors (Lipinski definition) is 3. The molecule has 0 saturated carbocycles. The number of carbonyl (C=O) groups excluding carboxylic acids is 2. The minimum absolute atomic E-state index is 0.0573. The zero-order valence-corrected chi connectivity index (χ0v) is 10.0. The predicted molar refractivity (Wildman–Crippen MR) is 61.9 cm³/mol. The summed E-state index contributed by atoms with van der Waals surface area (Å²) in [6.07, 6.45) is 2.64. The summed E-state index contributed by atoms with van der Waals surface area (Å²) in [7, 11) is 0. The molecule has 92 valence electrons. The molecule has 1 rings (SSSR count). The molecule has 2 amide bonds. The quantitative estimate of drug-likeness (QED) is 0.607. The van der Waals surface area contributed by atoms with Crippen LogP contribution in [0.5, 0.6) is 0 Å². The van der Waals surface area contributed by atoms with Crippen molar-refractivity contribution in [3.05, 3.63) is 0 Å². The van der Waals surface area contributed by atoms with Crippen LogP contribution in [0.15, 0.2) is 0 Å². The Labute approximate surface area is 96.4 Å². The van der Waals surface area contributed by atoms with Gasteiger partial charge in [0.15, 0.2) is 0 Å². The van der Waals surface area contributed by atoms with Crippen LogP contribution in [0.1, 0.15) is 33.1 Å². The third-order valence-corrected chi connectivity index (χ3v) is 2.72. The number of carbonyl (C=O) groups is 2. The number of hydrogen-bond acceptors (Lipinski definition) is 3. The summed E-state index contributed by atoms with van der Waals surface area (Å²) >= 11 is 0. The summed E-state index contributed by atoms with van der Waals surface area (Å²) in [5, 5.41) is 8.63. The normalized spacial score (nSPS) is 21.5. The van der Waals surface area contributed by atoms with Crippen molar-refractivity contribution in [2.24, 2.45) is 0 Å². The number of nitrogens with one attached hydrogen (secondary N) is 3. The maximum Gasteiger partial charge on any atom is 0.242 e. The number of likely N-dealkylation sites (N-methyl/N-ethyl adjacent to an activating group) is 1. The largest absolute Gasteiger partial charge is 0.355 e. The van der Waals surface area contributed by atoms with Gasteiger partial charge in [-0.2, -0.15) is 0 Å². The Balaban J connectivity index is 2.24. The monoisotopic (exact) mass is 227 g/mol. The van der Waals surface area contributed by atoms with Gasteiger partial charge in [0.2, 0.25) is 11.8 Å². The van der Waals surface area contributed by atoms with Crippen molar-refractivity contribution in [1.82, 2.24) is 16.0 Å². The van der Waals surface area contributed by atoms with Crippen LogP contribution in [-0.4, -0.2) is 37.0 Å². The van der Waals surface area contributed by atoms with Gasteiger partial charge in [0.05, 0.1) is 0 Å². The second-order valence-corrected chi connectivity index (χ2v) is 4.18. The maximum absolute atomic E-state index is 11.6. The molecule has 1 aliphatic heterocycles. The van der Waals surface area contributed by atoms with E-state index in [9.17, 15) is 9.59 Å². The molecule has 0 aliphatic carbocycles. The van der Waals surface area contributed by atoms with Crippen LogP contribution in [0.4, 0.5) is 0 Å². The van der Waals surface area contributed by atoms with Gasteiger partial charge in [-0.3, -0.25) is 9.59 Å². The fourth-order valence-corrected chi connectivity index (χ4v) is 1.85. The zero-order valence-electron chi connectivity index (χ0n) is 10.0. The average molecular weight is 227 g/mol. The van der Waals surface area contributed by atoms with Gasteiger partial charge < -0.3 is 16.0 Å². The van der Waals surface area contributed by atoms with E-state index in [0.29, 0.717) is 13.0 Å². The van der Waals surface area contributed by atoms with E-state index in [1.54, 1.807) is 6.92 Å². The molecule has 0 aromatic heterocycles. The average Bonchev–Trinajstić information content (AvgIpc) is 2.70. The van der Waals surface area contributed by atoms with Crippen LogP contribution >= 0.6 is 0 Å². The van der Waals surface area contributed by atoms with Crippen molar-refractivity contribution in [1.29, 1.82) is 0 Å². The minimum Gasteiger partial charge on any atom is -0.355 e. The Hall–Kier alpha value is -1.10. The van der Waals surface area contributed by atoms with Gasteiger partial charge in [-0.25, -0.2) is 0 Å². The molecule has 1 aliphatic rings. The summed E-state index contributed by atoms with van der Waals surface area (Å²) in [6, 6.07) is -0.171. The van der Waals surface area contributed by atoms with E-state index < -0.39 is 6.04 Å². The van der Waals surface area contributed by atoms with E-state index in [4.69, 9.17) is 0 Å². The highest BCUT2D eigenvalue weighted by Gasteiger charge is 2.20. The third kappa shape index (κ3) is 4.18. The minimum atomic E-state index is -0.450. The van der Waals surface area contributed by atoms with Crippen LogP contribution in [0.2, 0.25) is 0 Å².